The Morgan fingerprint density at radius 2 is 2.33 bits per heavy atom. The van der Waals surface area contributed by atoms with Crippen LogP contribution >= 0.6 is 12.6 Å². The number of ether oxygens (including phenoxy) is 1. The van der Waals surface area contributed by atoms with E-state index in [0.29, 0.717) is 0 Å². The first-order chi connectivity index (χ1) is 2.77. The van der Waals surface area contributed by atoms with E-state index in [2.05, 4.69) is 17.4 Å². The van der Waals surface area contributed by atoms with Gasteiger partial charge in [0.25, 0.3) is 0 Å². The van der Waals surface area contributed by atoms with Crippen LogP contribution in [0.1, 0.15) is 0 Å². The largest absolute Gasteiger partial charge is 0.387 e. The van der Waals surface area contributed by atoms with Gasteiger partial charge in [0.1, 0.15) is 0 Å². The van der Waals surface area contributed by atoms with E-state index in [0.717, 1.165) is 0 Å². The summed E-state index contributed by atoms with van der Waals surface area (Å²) in [6.07, 6.45) is 0. The topological polar surface area (TPSA) is 43.4 Å². The van der Waals surface area contributed by atoms with Crippen LogP contribution in [-0.2, 0) is 9.53 Å². The summed E-state index contributed by atoms with van der Waals surface area (Å²) in [5.74, 6) is 0. The van der Waals surface area contributed by atoms with E-state index in [-0.39, 0.29) is 6.47 Å². The number of hydrogen-bond donors (Lipinski definition) is 1. The maximum atomic E-state index is 9.45. The normalized spacial score (nSPS) is 6.83. The summed E-state index contributed by atoms with van der Waals surface area (Å²) in [4.78, 5) is 18.6. The highest BCUT2D eigenvalue weighted by molar-refractivity contribution is 7.96. The fourth-order valence-corrected chi connectivity index (χ4v) is 0.0842. The van der Waals surface area contributed by atoms with Crippen LogP contribution in [0.4, 0.5) is 4.79 Å². The maximum Gasteiger partial charge on any atom is 0.371 e. The van der Waals surface area contributed by atoms with Crippen LogP contribution in [0.2, 0.25) is 0 Å². The van der Waals surface area contributed by atoms with Gasteiger partial charge in [0.15, 0.2) is 0 Å². The molecule has 0 saturated heterocycles. The number of thiol groups is 1. The van der Waals surface area contributed by atoms with E-state index >= 15 is 0 Å². The molecule has 0 saturated carbocycles. The fourth-order valence-electron chi connectivity index (χ4n) is 0.0412. The predicted molar refractivity (Wildman–Crippen MR) is 21.5 cm³/mol. The number of carbonyl (C=O) groups excluding carboxylic acids is 2. The van der Waals surface area contributed by atoms with E-state index in [1.54, 1.807) is 0 Å². The van der Waals surface area contributed by atoms with Gasteiger partial charge in [-0.25, -0.2) is 4.79 Å². The molecular formula is C2H2O3S. The van der Waals surface area contributed by atoms with Crippen LogP contribution in [0.25, 0.3) is 0 Å². The van der Waals surface area contributed by atoms with Gasteiger partial charge in [-0.3, -0.25) is 4.79 Å². The predicted octanol–water partition coefficient (Wildman–Crippen LogP) is 0.209. The van der Waals surface area contributed by atoms with Crippen LogP contribution in [0.3, 0.4) is 0 Å². The third kappa shape index (κ3) is 3.49. The Kier molecular flexibility index (Phi) is 2.48. The summed E-state index contributed by atoms with van der Waals surface area (Å²) >= 11 is 3.09. The molecule has 0 unspecified atom stereocenters. The van der Waals surface area contributed by atoms with Crippen molar-refractivity contribution in [3.8, 4) is 0 Å². The number of rotatable bonds is 1. The lowest BCUT2D eigenvalue weighted by Crippen LogP contribution is -1.86. The van der Waals surface area contributed by atoms with Crippen LogP contribution in [0.15, 0.2) is 0 Å². The summed E-state index contributed by atoms with van der Waals surface area (Å²) in [6.45, 7) is 0.0231. The summed E-state index contributed by atoms with van der Waals surface area (Å²) < 4.78 is 3.59. The minimum Gasteiger partial charge on any atom is -0.387 e. The molecule has 0 radical (unpaired) electrons. The molecule has 0 bridgehead atoms. The Morgan fingerprint density at radius 3 is 2.33 bits per heavy atom. The SMILES string of the molecule is O=COC(=O)S. The second-order valence-electron chi connectivity index (χ2n) is 0.480. The van der Waals surface area contributed by atoms with Crippen LogP contribution in [-0.4, -0.2) is 11.8 Å². The van der Waals surface area contributed by atoms with Crippen molar-refractivity contribution in [3.63, 3.8) is 0 Å². The lowest BCUT2D eigenvalue weighted by atomic mass is 11.4. The second-order valence-corrected chi connectivity index (χ2v) is 0.845. The van der Waals surface area contributed by atoms with E-state index in [1.165, 1.54) is 0 Å². The molecule has 6 heavy (non-hydrogen) atoms. The van der Waals surface area contributed by atoms with Gasteiger partial charge in [-0.15, -0.1) is 0 Å². The highest BCUT2D eigenvalue weighted by Crippen LogP contribution is 1.78. The highest BCUT2D eigenvalue weighted by Gasteiger charge is 1.83. The highest BCUT2D eigenvalue weighted by atomic mass is 32.1. The van der Waals surface area contributed by atoms with Crippen molar-refractivity contribution >= 4 is 24.4 Å². The Hall–Kier alpha value is -0.510. The third-order valence-electron chi connectivity index (χ3n) is 0.149. The van der Waals surface area contributed by atoms with Crippen molar-refractivity contribution in [1.29, 1.82) is 0 Å². The molecule has 0 atom stereocenters. The molecule has 0 aromatic carbocycles. The monoisotopic (exact) mass is 106 g/mol. The standard InChI is InChI=1S/C2H2O3S/c3-1-5-2(4)6/h1H,(H,4,6). The molecule has 0 rings (SSSR count). The summed E-state index contributed by atoms with van der Waals surface area (Å²) in [7, 11) is 0. The minimum absolute atomic E-state index is 0.0231. The molecule has 0 N–H and O–H groups in total. The molecule has 4 heteroatoms. The quantitative estimate of drug-likeness (QED) is 0.225. The lowest BCUT2D eigenvalue weighted by Gasteiger charge is -1.77. The number of carbonyl (C=O) groups is 2. The number of hydrogen-bond acceptors (Lipinski definition) is 3. The smallest absolute Gasteiger partial charge is 0.371 e. The molecule has 0 aliphatic carbocycles. The van der Waals surface area contributed by atoms with Crippen LogP contribution in [0, 0.1) is 0 Å². The first-order valence-electron chi connectivity index (χ1n) is 1.10. The maximum absolute atomic E-state index is 9.45. The molecule has 0 aromatic heterocycles. The average Bonchev–Trinajstić information content (AvgIpc) is 1.35. The van der Waals surface area contributed by atoms with Gasteiger partial charge >= 0.3 is 11.8 Å². The molecule has 0 amide bonds. The van der Waals surface area contributed by atoms with Gasteiger partial charge in [-0.05, 0) is 0 Å². The molecule has 0 fully saturated rings. The molecule has 3 nitrogen and oxygen atoms in total. The summed E-state index contributed by atoms with van der Waals surface area (Å²) in [6, 6.07) is 0. The zero-order valence-corrected chi connectivity index (χ0v) is 3.64. The molecule has 0 spiro atoms. The van der Waals surface area contributed by atoms with Crippen molar-refractivity contribution in [1.82, 2.24) is 0 Å². The Morgan fingerprint density at radius 1 is 1.83 bits per heavy atom. The van der Waals surface area contributed by atoms with Gasteiger partial charge in [0.05, 0.1) is 0 Å². The van der Waals surface area contributed by atoms with Crippen molar-refractivity contribution in [2.45, 2.75) is 0 Å². The van der Waals surface area contributed by atoms with Crippen LogP contribution in [0.5, 0.6) is 0 Å². The minimum atomic E-state index is -0.884. The molecule has 0 aliphatic heterocycles. The van der Waals surface area contributed by atoms with Crippen molar-refractivity contribution < 1.29 is 14.3 Å². The van der Waals surface area contributed by atoms with E-state index in [9.17, 15) is 4.79 Å². The van der Waals surface area contributed by atoms with Gasteiger partial charge in [0.2, 0.25) is 0 Å². The van der Waals surface area contributed by atoms with E-state index in [4.69, 9.17) is 4.79 Å². The van der Waals surface area contributed by atoms with Gasteiger partial charge in [-0.1, -0.05) is 12.6 Å². The summed E-state index contributed by atoms with van der Waals surface area (Å²) in [5.41, 5.74) is 0. The molecule has 0 aromatic rings. The molecule has 34 valence electrons. The van der Waals surface area contributed by atoms with Gasteiger partial charge in [0, 0.05) is 0 Å². The van der Waals surface area contributed by atoms with Crippen molar-refractivity contribution in [2.24, 2.45) is 0 Å². The van der Waals surface area contributed by atoms with Gasteiger partial charge in [-0.2, -0.15) is 0 Å². The third-order valence-corrected chi connectivity index (χ3v) is 0.254. The Labute approximate surface area is 39.7 Å². The van der Waals surface area contributed by atoms with Gasteiger partial charge < -0.3 is 4.74 Å². The Bertz CT molecular complexity index is 69.2. The van der Waals surface area contributed by atoms with Crippen LogP contribution < -0.4 is 0 Å². The Balaban J connectivity index is 3.05. The zero-order valence-electron chi connectivity index (χ0n) is 2.75. The van der Waals surface area contributed by atoms with E-state index < -0.39 is 5.30 Å². The first-order valence-corrected chi connectivity index (χ1v) is 1.55. The second kappa shape index (κ2) is 2.71. The van der Waals surface area contributed by atoms with Crippen molar-refractivity contribution in [3.05, 3.63) is 0 Å². The zero-order chi connectivity index (χ0) is 4.99. The fraction of sp³-hybridized carbons (Fsp3) is 0. The van der Waals surface area contributed by atoms with Crippen molar-refractivity contribution in [2.75, 3.05) is 0 Å². The first kappa shape index (κ1) is 5.49. The average molecular weight is 106 g/mol. The summed E-state index contributed by atoms with van der Waals surface area (Å²) in [5, 5.41) is -0.884. The molecule has 0 aliphatic rings. The van der Waals surface area contributed by atoms with E-state index in [1.807, 2.05) is 0 Å². The molecule has 0 heterocycles. The lowest BCUT2D eigenvalue weighted by molar-refractivity contribution is -0.122. The molecular weight excluding hydrogens is 104 g/mol.